The van der Waals surface area contributed by atoms with E-state index in [-0.39, 0.29) is 28.1 Å². The van der Waals surface area contributed by atoms with Crippen molar-refractivity contribution in [2.75, 3.05) is 7.11 Å². The fourth-order valence-corrected chi connectivity index (χ4v) is 4.17. The Labute approximate surface area is 176 Å². The van der Waals surface area contributed by atoms with Gasteiger partial charge in [0.2, 0.25) is 0 Å². The van der Waals surface area contributed by atoms with Crippen molar-refractivity contribution in [3.63, 3.8) is 0 Å². The molecule has 1 saturated heterocycles. The van der Waals surface area contributed by atoms with E-state index in [4.69, 9.17) is 4.74 Å². The van der Waals surface area contributed by atoms with Crippen molar-refractivity contribution in [1.82, 2.24) is 4.90 Å². The Morgan fingerprint density at radius 3 is 2.63 bits per heavy atom. The number of imide groups is 1. The highest BCUT2D eigenvalue weighted by Crippen LogP contribution is 2.35. The number of nitro benzene ring substituents is 1. The first-order chi connectivity index (χ1) is 14.5. The van der Waals surface area contributed by atoms with Crippen molar-refractivity contribution < 1.29 is 19.2 Å². The lowest BCUT2D eigenvalue weighted by Crippen LogP contribution is -2.27. The molecule has 0 aromatic heterocycles. The van der Waals surface area contributed by atoms with Crippen LogP contribution >= 0.6 is 11.8 Å². The van der Waals surface area contributed by atoms with Crippen molar-refractivity contribution in [3.05, 3.63) is 86.8 Å². The molecule has 1 aliphatic rings. The maximum atomic E-state index is 12.9. The van der Waals surface area contributed by atoms with Gasteiger partial charge in [-0.05, 0) is 45.8 Å². The van der Waals surface area contributed by atoms with Gasteiger partial charge in [0.1, 0.15) is 0 Å². The monoisotopic (exact) mass is 420 g/mol. The number of nitro groups is 1. The molecule has 8 heteroatoms. The second kappa shape index (κ2) is 8.00. The minimum absolute atomic E-state index is 0.126. The van der Waals surface area contributed by atoms with E-state index in [0.717, 1.165) is 28.1 Å². The Kier molecular flexibility index (Phi) is 5.24. The van der Waals surface area contributed by atoms with E-state index in [1.807, 2.05) is 42.5 Å². The van der Waals surface area contributed by atoms with E-state index in [1.54, 1.807) is 6.07 Å². The van der Waals surface area contributed by atoms with Crippen LogP contribution in [-0.4, -0.2) is 28.1 Å². The zero-order valence-electron chi connectivity index (χ0n) is 15.9. The van der Waals surface area contributed by atoms with Crippen molar-refractivity contribution >= 4 is 45.4 Å². The second-order valence-corrected chi connectivity index (χ2v) is 7.59. The van der Waals surface area contributed by atoms with Gasteiger partial charge in [0.25, 0.3) is 11.1 Å². The summed E-state index contributed by atoms with van der Waals surface area (Å²) in [6.45, 7) is 0.159. The van der Waals surface area contributed by atoms with E-state index in [2.05, 4.69) is 0 Å². The Bertz CT molecular complexity index is 1220. The standard InChI is InChI=1S/C22H16N2O5S/c1-29-19-10-9-14(11-18(19)24(27)28)12-20-21(25)23(22(26)30-20)13-16-7-4-6-15-5-2-3-8-17(15)16/h2-12H,13H2,1H3/b20-12-. The fraction of sp³-hybridized carbons (Fsp3) is 0.0909. The number of fused-ring (bicyclic) bond motifs is 1. The van der Waals surface area contributed by atoms with Gasteiger partial charge in [-0.3, -0.25) is 24.6 Å². The van der Waals surface area contributed by atoms with Gasteiger partial charge >= 0.3 is 5.69 Å². The lowest BCUT2D eigenvalue weighted by atomic mass is 10.0. The Hall–Kier alpha value is -3.65. The lowest BCUT2D eigenvalue weighted by Gasteiger charge is -2.14. The molecule has 1 fully saturated rings. The number of amides is 2. The van der Waals surface area contributed by atoms with Crippen molar-refractivity contribution in [1.29, 1.82) is 0 Å². The summed E-state index contributed by atoms with van der Waals surface area (Å²) in [7, 11) is 1.35. The number of benzene rings is 3. The van der Waals surface area contributed by atoms with Crippen LogP contribution in [0.5, 0.6) is 5.75 Å². The summed E-state index contributed by atoms with van der Waals surface area (Å²) in [6, 6.07) is 17.9. The van der Waals surface area contributed by atoms with Gasteiger partial charge in [-0.15, -0.1) is 0 Å². The summed E-state index contributed by atoms with van der Waals surface area (Å²) in [5.41, 5.74) is 1.11. The van der Waals surface area contributed by atoms with E-state index in [0.29, 0.717) is 5.56 Å². The van der Waals surface area contributed by atoms with Crippen LogP contribution in [0.25, 0.3) is 16.8 Å². The van der Waals surface area contributed by atoms with Crippen LogP contribution < -0.4 is 4.74 Å². The highest BCUT2D eigenvalue weighted by Gasteiger charge is 2.35. The molecule has 30 heavy (non-hydrogen) atoms. The third-order valence-corrected chi connectivity index (χ3v) is 5.69. The summed E-state index contributed by atoms with van der Waals surface area (Å²) in [6.07, 6.45) is 1.49. The minimum atomic E-state index is -0.553. The maximum absolute atomic E-state index is 12.9. The molecule has 2 amide bonds. The Balaban J connectivity index is 1.63. The van der Waals surface area contributed by atoms with Gasteiger partial charge in [-0.25, -0.2) is 0 Å². The predicted molar refractivity (Wildman–Crippen MR) is 115 cm³/mol. The van der Waals surface area contributed by atoms with Gasteiger partial charge in [0.15, 0.2) is 5.75 Å². The largest absolute Gasteiger partial charge is 0.490 e. The van der Waals surface area contributed by atoms with Crippen LogP contribution in [0.1, 0.15) is 11.1 Å². The number of thioether (sulfide) groups is 1. The van der Waals surface area contributed by atoms with E-state index in [9.17, 15) is 19.7 Å². The lowest BCUT2D eigenvalue weighted by molar-refractivity contribution is -0.385. The highest BCUT2D eigenvalue weighted by molar-refractivity contribution is 8.18. The third kappa shape index (κ3) is 3.65. The summed E-state index contributed by atoms with van der Waals surface area (Å²) < 4.78 is 4.99. The van der Waals surface area contributed by atoms with E-state index < -0.39 is 10.8 Å². The first-order valence-electron chi connectivity index (χ1n) is 9.02. The molecule has 0 spiro atoms. The molecule has 1 heterocycles. The van der Waals surface area contributed by atoms with Crippen molar-refractivity contribution in [3.8, 4) is 5.75 Å². The number of hydrogen-bond acceptors (Lipinski definition) is 6. The molecule has 0 unspecified atom stereocenters. The highest BCUT2D eigenvalue weighted by atomic mass is 32.2. The molecule has 150 valence electrons. The molecular formula is C22H16N2O5S. The first kappa shape index (κ1) is 19.7. The number of rotatable bonds is 5. The fourth-order valence-electron chi connectivity index (χ4n) is 3.33. The molecule has 3 aromatic rings. The van der Waals surface area contributed by atoms with Crippen molar-refractivity contribution in [2.45, 2.75) is 6.54 Å². The molecule has 0 aliphatic carbocycles. The Morgan fingerprint density at radius 1 is 1.10 bits per heavy atom. The predicted octanol–water partition coefficient (Wildman–Crippen LogP) is 4.99. The van der Waals surface area contributed by atoms with Gasteiger partial charge in [-0.2, -0.15) is 0 Å². The van der Waals surface area contributed by atoms with Crippen LogP contribution in [0, 0.1) is 10.1 Å². The zero-order valence-corrected chi connectivity index (χ0v) is 16.7. The minimum Gasteiger partial charge on any atom is -0.490 e. The summed E-state index contributed by atoms with van der Waals surface area (Å²) in [5.74, 6) is -0.294. The van der Waals surface area contributed by atoms with Gasteiger partial charge in [0, 0.05) is 6.07 Å². The smallest absolute Gasteiger partial charge is 0.311 e. The molecule has 0 saturated carbocycles. The average molecular weight is 420 g/mol. The zero-order chi connectivity index (χ0) is 21.3. The topological polar surface area (TPSA) is 89.8 Å². The number of nitrogens with zero attached hydrogens (tertiary/aromatic N) is 2. The number of methoxy groups -OCH3 is 1. The van der Waals surface area contributed by atoms with Crippen LogP contribution in [0.3, 0.4) is 0 Å². The molecule has 0 radical (unpaired) electrons. The SMILES string of the molecule is COc1ccc(/C=C2\SC(=O)N(Cc3cccc4ccccc34)C2=O)cc1[N+](=O)[O-]. The normalized spacial score (nSPS) is 15.2. The summed E-state index contributed by atoms with van der Waals surface area (Å²) in [4.78, 5) is 37.4. The van der Waals surface area contributed by atoms with Crippen molar-refractivity contribution in [2.24, 2.45) is 0 Å². The third-order valence-electron chi connectivity index (χ3n) is 4.78. The number of carbonyl (C=O) groups is 2. The molecule has 0 bridgehead atoms. The summed E-state index contributed by atoms with van der Waals surface area (Å²) in [5, 5.41) is 12.9. The molecule has 7 nitrogen and oxygen atoms in total. The summed E-state index contributed by atoms with van der Waals surface area (Å²) >= 11 is 0.823. The molecule has 4 rings (SSSR count). The number of carbonyl (C=O) groups excluding carboxylic acids is 2. The maximum Gasteiger partial charge on any atom is 0.311 e. The van der Waals surface area contributed by atoms with Gasteiger partial charge in [-0.1, -0.05) is 48.5 Å². The average Bonchev–Trinajstić information content (AvgIpc) is 3.01. The van der Waals surface area contributed by atoms with Gasteiger partial charge < -0.3 is 4.74 Å². The molecular weight excluding hydrogens is 404 g/mol. The number of hydrogen-bond donors (Lipinski definition) is 0. The van der Waals surface area contributed by atoms with Crippen LogP contribution in [0.15, 0.2) is 65.6 Å². The molecule has 0 atom stereocenters. The molecule has 0 N–H and O–H groups in total. The van der Waals surface area contributed by atoms with E-state index >= 15 is 0 Å². The van der Waals surface area contributed by atoms with E-state index in [1.165, 1.54) is 30.2 Å². The van der Waals surface area contributed by atoms with Crippen LogP contribution in [0.2, 0.25) is 0 Å². The first-order valence-corrected chi connectivity index (χ1v) is 9.84. The van der Waals surface area contributed by atoms with Gasteiger partial charge in [0.05, 0.1) is 23.5 Å². The molecule has 3 aromatic carbocycles. The number of ether oxygens (including phenoxy) is 1. The second-order valence-electron chi connectivity index (χ2n) is 6.59. The van der Waals surface area contributed by atoms with Crippen LogP contribution in [-0.2, 0) is 11.3 Å². The van der Waals surface area contributed by atoms with Crippen LogP contribution in [0.4, 0.5) is 10.5 Å². The molecule has 1 aliphatic heterocycles. The quantitative estimate of drug-likeness (QED) is 0.328. The Morgan fingerprint density at radius 2 is 1.87 bits per heavy atom.